The molecule has 3 rings (SSSR count). The van der Waals surface area contributed by atoms with Gasteiger partial charge in [0.05, 0.1) is 23.8 Å². The molecule has 4 heteroatoms. The molecule has 0 spiro atoms. The minimum Gasteiger partial charge on any atom is -0.218 e. The van der Waals surface area contributed by atoms with E-state index in [2.05, 4.69) is 15.1 Å². The lowest BCUT2D eigenvalue weighted by Gasteiger charge is -2.00. The van der Waals surface area contributed by atoms with E-state index in [9.17, 15) is 0 Å². The van der Waals surface area contributed by atoms with Crippen LogP contribution in [0.3, 0.4) is 0 Å². The first-order valence-electron chi connectivity index (χ1n) is 5.07. The molecule has 4 nitrogen and oxygen atoms in total. The summed E-state index contributed by atoms with van der Waals surface area (Å²) in [5, 5.41) is 4.31. The molecule has 78 valence electrons. The predicted molar refractivity (Wildman–Crippen MR) is 61.0 cm³/mol. The first kappa shape index (κ1) is 9.03. The molecule has 2 heterocycles. The SMILES string of the molecule is Cc1cnc2nc(-c3ccccc3)cnn12. The van der Waals surface area contributed by atoms with E-state index in [1.807, 2.05) is 37.3 Å². The second-order valence-corrected chi connectivity index (χ2v) is 3.62. The number of benzene rings is 1. The standard InChI is InChI=1S/C12H10N4/c1-9-7-13-12-15-11(8-14-16(9)12)10-5-3-2-4-6-10/h2-8H,1H3. The van der Waals surface area contributed by atoms with Gasteiger partial charge in [0.15, 0.2) is 0 Å². The normalized spacial score (nSPS) is 10.8. The molecule has 0 atom stereocenters. The Labute approximate surface area is 92.6 Å². The molecular weight excluding hydrogens is 200 g/mol. The Morgan fingerprint density at radius 2 is 1.88 bits per heavy atom. The van der Waals surface area contributed by atoms with Gasteiger partial charge in [-0.05, 0) is 6.92 Å². The topological polar surface area (TPSA) is 43.1 Å². The van der Waals surface area contributed by atoms with Crippen LogP contribution in [0, 0.1) is 6.92 Å². The average Bonchev–Trinajstić information content (AvgIpc) is 2.72. The van der Waals surface area contributed by atoms with E-state index >= 15 is 0 Å². The Hall–Kier alpha value is -2.23. The molecule has 16 heavy (non-hydrogen) atoms. The monoisotopic (exact) mass is 210 g/mol. The number of aromatic nitrogens is 4. The summed E-state index contributed by atoms with van der Waals surface area (Å²) in [6.07, 6.45) is 3.53. The quantitative estimate of drug-likeness (QED) is 0.617. The molecule has 0 bridgehead atoms. The van der Waals surface area contributed by atoms with Gasteiger partial charge in [0, 0.05) is 5.56 Å². The fraction of sp³-hybridized carbons (Fsp3) is 0.0833. The van der Waals surface area contributed by atoms with Crippen molar-refractivity contribution in [1.82, 2.24) is 19.6 Å². The summed E-state index contributed by atoms with van der Waals surface area (Å²) < 4.78 is 1.73. The van der Waals surface area contributed by atoms with Gasteiger partial charge in [-0.15, -0.1) is 0 Å². The van der Waals surface area contributed by atoms with Crippen LogP contribution in [-0.4, -0.2) is 19.6 Å². The largest absolute Gasteiger partial charge is 0.251 e. The van der Waals surface area contributed by atoms with Gasteiger partial charge in [-0.2, -0.15) is 5.10 Å². The van der Waals surface area contributed by atoms with Crippen LogP contribution >= 0.6 is 0 Å². The van der Waals surface area contributed by atoms with Crippen molar-refractivity contribution in [3.05, 3.63) is 48.4 Å². The molecule has 1 aromatic carbocycles. The van der Waals surface area contributed by atoms with Crippen LogP contribution < -0.4 is 0 Å². The molecule has 0 saturated heterocycles. The Morgan fingerprint density at radius 3 is 2.69 bits per heavy atom. The zero-order valence-electron chi connectivity index (χ0n) is 8.83. The number of fused-ring (bicyclic) bond motifs is 1. The van der Waals surface area contributed by atoms with Crippen LogP contribution in [0.4, 0.5) is 0 Å². The van der Waals surface area contributed by atoms with Gasteiger partial charge in [0.2, 0.25) is 0 Å². The van der Waals surface area contributed by atoms with Crippen molar-refractivity contribution >= 4 is 5.78 Å². The molecule has 2 aromatic heterocycles. The van der Waals surface area contributed by atoms with Gasteiger partial charge >= 0.3 is 0 Å². The number of aryl methyl sites for hydroxylation is 1. The highest BCUT2D eigenvalue weighted by molar-refractivity contribution is 5.59. The summed E-state index contributed by atoms with van der Waals surface area (Å²) in [5.41, 5.74) is 2.89. The molecule has 3 aromatic rings. The van der Waals surface area contributed by atoms with Crippen LogP contribution in [0.5, 0.6) is 0 Å². The summed E-state index contributed by atoms with van der Waals surface area (Å²) in [7, 11) is 0. The fourth-order valence-corrected chi connectivity index (χ4v) is 1.63. The smallest absolute Gasteiger partial charge is 0.218 e. The second kappa shape index (κ2) is 3.41. The third-order valence-electron chi connectivity index (χ3n) is 2.48. The van der Waals surface area contributed by atoms with E-state index in [0.29, 0.717) is 5.78 Å². The molecule has 0 amide bonds. The molecule has 0 saturated carbocycles. The summed E-state index contributed by atoms with van der Waals surface area (Å²) in [4.78, 5) is 8.65. The van der Waals surface area contributed by atoms with Gasteiger partial charge in [0.1, 0.15) is 0 Å². The minimum absolute atomic E-state index is 0.638. The lowest BCUT2D eigenvalue weighted by Crippen LogP contribution is -1.97. The molecule has 0 unspecified atom stereocenters. The minimum atomic E-state index is 0.638. The van der Waals surface area contributed by atoms with E-state index in [1.165, 1.54) is 0 Å². The molecule has 0 radical (unpaired) electrons. The zero-order chi connectivity index (χ0) is 11.0. The maximum Gasteiger partial charge on any atom is 0.251 e. The van der Waals surface area contributed by atoms with E-state index in [1.54, 1.807) is 16.9 Å². The zero-order valence-corrected chi connectivity index (χ0v) is 8.83. The Balaban J connectivity index is 2.19. The van der Waals surface area contributed by atoms with Crippen molar-refractivity contribution < 1.29 is 0 Å². The fourth-order valence-electron chi connectivity index (χ4n) is 1.63. The van der Waals surface area contributed by atoms with Crippen LogP contribution in [0.25, 0.3) is 17.0 Å². The van der Waals surface area contributed by atoms with Crippen molar-refractivity contribution in [1.29, 1.82) is 0 Å². The first-order chi connectivity index (χ1) is 7.84. The second-order valence-electron chi connectivity index (χ2n) is 3.62. The highest BCUT2D eigenvalue weighted by Crippen LogP contribution is 2.15. The third kappa shape index (κ3) is 1.35. The van der Waals surface area contributed by atoms with Gasteiger partial charge in [-0.25, -0.2) is 14.5 Å². The van der Waals surface area contributed by atoms with Crippen molar-refractivity contribution in [2.75, 3.05) is 0 Å². The van der Waals surface area contributed by atoms with Gasteiger partial charge in [-0.1, -0.05) is 30.3 Å². The van der Waals surface area contributed by atoms with Crippen LogP contribution in [0.15, 0.2) is 42.7 Å². The first-order valence-corrected chi connectivity index (χ1v) is 5.07. The molecular formula is C12H10N4. The summed E-state index contributed by atoms with van der Waals surface area (Å²) in [6, 6.07) is 9.97. The van der Waals surface area contributed by atoms with E-state index in [-0.39, 0.29) is 0 Å². The molecule has 0 fully saturated rings. The maximum atomic E-state index is 4.46. The Morgan fingerprint density at radius 1 is 1.06 bits per heavy atom. The number of hydrogen-bond donors (Lipinski definition) is 0. The number of nitrogens with zero attached hydrogens (tertiary/aromatic N) is 4. The summed E-state index contributed by atoms with van der Waals surface area (Å²) in [5.74, 6) is 0.638. The maximum absolute atomic E-state index is 4.46. The van der Waals surface area contributed by atoms with E-state index < -0.39 is 0 Å². The van der Waals surface area contributed by atoms with Crippen LogP contribution in [0.2, 0.25) is 0 Å². The highest BCUT2D eigenvalue weighted by atomic mass is 15.3. The average molecular weight is 210 g/mol. The van der Waals surface area contributed by atoms with E-state index in [0.717, 1.165) is 17.0 Å². The van der Waals surface area contributed by atoms with Crippen molar-refractivity contribution in [3.8, 4) is 11.3 Å². The Bertz CT molecular complexity index is 628. The Kier molecular flexibility index (Phi) is 1.93. The number of rotatable bonds is 1. The van der Waals surface area contributed by atoms with E-state index in [4.69, 9.17) is 0 Å². The van der Waals surface area contributed by atoms with Gasteiger partial charge in [-0.3, -0.25) is 0 Å². The molecule has 0 aliphatic carbocycles. The molecule has 0 N–H and O–H groups in total. The van der Waals surface area contributed by atoms with Crippen LogP contribution in [-0.2, 0) is 0 Å². The lowest BCUT2D eigenvalue weighted by atomic mass is 10.2. The predicted octanol–water partition coefficient (Wildman–Crippen LogP) is 2.10. The van der Waals surface area contributed by atoms with Gasteiger partial charge < -0.3 is 0 Å². The molecule has 0 aliphatic heterocycles. The third-order valence-corrected chi connectivity index (χ3v) is 2.48. The lowest BCUT2D eigenvalue weighted by molar-refractivity contribution is 0.875. The van der Waals surface area contributed by atoms with Crippen LogP contribution in [0.1, 0.15) is 5.69 Å². The number of hydrogen-bond acceptors (Lipinski definition) is 3. The molecule has 0 aliphatic rings. The summed E-state index contributed by atoms with van der Waals surface area (Å²) >= 11 is 0. The number of imidazole rings is 1. The highest BCUT2D eigenvalue weighted by Gasteiger charge is 2.04. The van der Waals surface area contributed by atoms with Crippen molar-refractivity contribution in [2.45, 2.75) is 6.92 Å². The van der Waals surface area contributed by atoms with Gasteiger partial charge in [0.25, 0.3) is 5.78 Å². The summed E-state index contributed by atoms with van der Waals surface area (Å²) in [6.45, 7) is 1.96. The van der Waals surface area contributed by atoms with Crippen molar-refractivity contribution in [3.63, 3.8) is 0 Å². The van der Waals surface area contributed by atoms with Crippen molar-refractivity contribution in [2.24, 2.45) is 0 Å².